The monoisotopic (exact) mass is 444 g/mol. The Morgan fingerprint density at radius 1 is 1.16 bits per heavy atom. The van der Waals surface area contributed by atoms with Crippen LogP contribution in [-0.2, 0) is 9.84 Å². The highest BCUT2D eigenvalue weighted by molar-refractivity contribution is 7.92. The minimum atomic E-state index is -2.97. The largest absolute Gasteiger partial charge is 0.371 e. The van der Waals surface area contributed by atoms with Crippen molar-refractivity contribution >= 4 is 38.9 Å². The van der Waals surface area contributed by atoms with Crippen molar-refractivity contribution in [2.24, 2.45) is 5.73 Å². The van der Waals surface area contributed by atoms with Crippen LogP contribution in [0.15, 0.2) is 30.5 Å². The number of hydrogen-bond acceptors (Lipinski definition) is 8. The number of sulfone groups is 1. The van der Waals surface area contributed by atoms with Gasteiger partial charge in [0, 0.05) is 42.5 Å². The third-order valence-corrected chi connectivity index (χ3v) is 8.11. The van der Waals surface area contributed by atoms with E-state index in [0.717, 1.165) is 37.3 Å². The molecular formula is C21H28N6O3S. The van der Waals surface area contributed by atoms with Gasteiger partial charge in [0.15, 0.2) is 9.84 Å². The number of nitrogens with one attached hydrogen (secondary N) is 2. The van der Waals surface area contributed by atoms with Crippen molar-refractivity contribution < 1.29 is 13.2 Å². The van der Waals surface area contributed by atoms with Crippen molar-refractivity contribution in [1.82, 2.24) is 9.97 Å². The quantitative estimate of drug-likeness (QED) is 0.565. The summed E-state index contributed by atoms with van der Waals surface area (Å²) < 4.78 is 24.2. The van der Waals surface area contributed by atoms with Gasteiger partial charge < -0.3 is 21.3 Å². The van der Waals surface area contributed by atoms with Crippen molar-refractivity contribution in [2.75, 3.05) is 34.4 Å². The molecule has 1 aliphatic carbocycles. The van der Waals surface area contributed by atoms with E-state index in [9.17, 15) is 13.2 Å². The number of piperidine rings is 1. The molecule has 10 heteroatoms. The molecule has 0 unspecified atom stereocenters. The highest BCUT2D eigenvalue weighted by Gasteiger charge is 2.28. The zero-order chi connectivity index (χ0) is 22.0. The fourth-order valence-corrected chi connectivity index (χ4v) is 5.15. The summed E-state index contributed by atoms with van der Waals surface area (Å²) >= 11 is 0. The number of hydrogen-bond donors (Lipinski definition) is 3. The van der Waals surface area contributed by atoms with Crippen LogP contribution in [0.5, 0.6) is 0 Å². The molecule has 0 spiro atoms. The Labute approximate surface area is 182 Å². The van der Waals surface area contributed by atoms with E-state index in [1.54, 1.807) is 6.92 Å². The van der Waals surface area contributed by atoms with Crippen molar-refractivity contribution in [3.8, 4) is 0 Å². The van der Waals surface area contributed by atoms with E-state index in [2.05, 4.69) is 25.5 Å². The van der Waals surface area contributed by atoms with Crippen LogP contribution in [0.4, 0.5) is 23.1 Å². The summed E-state index contributed by atoms with van der Waals surface area (Å²) in [4.78, 5) is 22.5. The number of carbonyl (C=O) groups excluding carboxylic acids is 1. The maximum atomic E-state index is 12.1. The first kappa shape index (κ1) is 21.4. The number of nitrogens with zero attached hydrogens (tertiary/aromatic N) is 3. The molecule has 9 nitrogen and oxygen atoms in total. The highest BCUT2D eigenvalue weighted by atomic mass is 32.2. The molecule has 2 aliphatic rings. The fraction of sp³-hybridized carbons (Fsp3) is 0.476. The molecule has 0 bridgehead atoms. The van der Waals surface area contributed by atoms with Crippen LogP contribution >= 0.6 is 0 Å². The second kappa shape index (κ2) is 8.70. The number of amides is 1. The Hall–Kier alpha value is -2.88. The first-order valence-electron chi connectivity index (χ1n) is 10.6. The summed E-state index contributed by atoms with van der Waals surface area (Å²) in [6, 6.07) is 8.19. The normalized spacial score (nSPS) is 17.4. The Balaban J connectivity index is 1.40. The minimum absolute atomic E-state index is 0.207. The predicted molar refractivity (Wildman–Crippen MR) is 122 cm³/mol. The average molecular weight is 445 g/mol. The van der Waals surface area contributed by atoms with Crippen LogP contribution < -0.4 is 21.3 Å². The highest BCUT2D eigenvalue weighted by Crippen LogP contribution is 2.28. The van der Waals surface area contributed by atoms with Gasteiger partial charge >= 0.3 is 0 Å². The van der Waals surface area contributed by atoms with Crippen LogP contribution in [0.1, 0.15) is 43.0 Å². The van der Waals surface area contributed by atoms with Gasteiger partial charge in [-0.3, -0.25) is 4.79 Å². The fourth-order valence-electron chi connectivity index (χ4n) is 3.75. The van der Waals surface area contributed by atoms with Gasteiger partial charge in [0.1, 0.15) is 5.82 Å². The van der Waals surface area contributed by atoms with Gasteiger partial charge in [-0.25, -0.2) is 13.4 Å². The van der Waals surface area contributed by atoms with E-state index >= 15 is 0 Å². The standard InChI is InChI=1S/C21H28N6O3S/c1-2-31(29,30)17-9-11-27(12-10-17)16-7-5-15(6-8-16)25-21-23-13-18(19(22)28)20(26-21)24-14-3-4-14/h5-8,13-14,17H,2-4,9-12H2,1H3,(H2,22,28)(H2,23,24,25,26). The molecule has 1 saturated heterocycles. The Kier molecular flexibility index (Phi) is 5.99. The summed E-state index contributed by atoms with van der Waals surface area (Å²) in [5, 5.41) is 6.15. The lowest BCUT2D eigenvalue weighted by Gasteiger charge is -2.33. The molecule has 1 amide bonds. The van der Waals surface area contributed by atoms with Crippen LogP contribution in [0.2, 0.25) is 0 Å². The zero-order valence-corrected chi connectivity index (χ0v) is 18.4. The van der Waals surface area contributed by atoms with E-state index < -0.39 is 15.7 Å². The molecule has 0 atom stereocenters. The van der Waals surface area contributed by atoms with Gasteiger partial charge in [-0.15, -0.1) is 0 Å². The van der Waals surface area contributed by atoms with E-state index in [0.29, 0.717) is 30.6 Å². The van der Waals surface area contributed by atoms with E-state index in [-0.39, 0.29) is 16.6 Å². The third-order valence-electron chi connectivity index (χ3n) is 5.81. The second-order valence-electron chi connectivity index (χ2n) is 8.05. The topological polar surface area (TPSA) is 130 Å². The predicted octanol–water partition coefficient (Wildman–Crippen LogP) is 2.30. The first-order chi connectivity index (χ1) is 14.9. The molecule has 1 aromatic heterocycles. The molecule has 1 saturated carbocycles. The second-order valence-corrected chi connectivity index (χ2v) is 10.6. The maximum Gasteiger partial charge on any atom is 0.254 e. The van der Waals surface area contributed by atoms with E-state index in [1.807, 2.05) is 24.3 Å². The SMILES string of the molecule is CCS(=O)(=O)C1CCN(c2ccc(Nc3ncc(C(N)=O)c(NC4CC4)n3)cc2)CC1. The summed E-state index contributed by atoms with van der Waals surface area (Å²) in [6.07, 6.45) is 4.85. The van der Waals surface area contributed by atoms with Crippen LogP contribution in [-0.4, -0.2) is 54.4 Å². The summed E-state index contributed by atoms with van der Waals surface area (Å²) in [7, 11) is -2.97. The number of carbonyl (C=O) groups is 1. The summed E-state index contributed by atoms with van der Waals surface area (Å²) in [6.45, 7) is 3.17. The van der Waals surface area contributed by atoms with Gasteiger partial charge in [-0.2, -0.15) is 4.98 Å². The molecule has 2 heterocycles. The van der Waals surface area contributed by atoms with Crippen molar-refractivity contribution in [3.05, 3.63) is 36.0 Å². The van der Waals surface area contributed by atoms with Gasteiger partial charge in [0.05, 0.1) is 10.8 Å². The van der Waals surface area contributed by atoms with Gasteiger partial charge in [0.25, 0.3) is 5.91 Å². The zero-order valence-electron chi connectivity index (χ0n) is 17.5. The molecule has 2 fully saturated rings. The molecule has 1 aliphatic heterocycles. The smallest absolute Gasteiger partial charge is 0.254 e. The Morgan fingerprint density at radius 3 is 2.42 bits per heavy atom. The molecule has 4 rings (SSSR count). The molecule has 1 aromatic carbocycles. The Morgan fingerprint density at radius 2 is 1.84 bits per heavy atom. The van der Waals surface area contributed by atoms with E-state index in [4.69, 9.17) is 5.73 Å². The lowest BCUT2D eigenvalue weighted by Crippen LogP contribution is -2.39. The van der Waals surface area contributed by atoms with Crippen LogP contribution in [0.3, 0.4) is 0 Å². The van der Waals surface area contributed by atoms with Crippen molar-refractivity contribution in [2.45, 2.75) is 43.9 Å². The molecule has 31 heavy (non-hydrogen) atoms. The van der Waals surface area contributed by atoms with Crippen molar-refractivity contribution in [3.63, 3.8) is 0 Å². The maximum absolute atomic E-state index is 12.1. The lowest BCUT2D eigenvalue weighted by molar-refractivity contribution is 0.100. The van der Waals surface area contributed by atoms with Gasteiger partial charge in [-0.1, -0.05) is 6.92 Å². The van der Waals surface area contributed by atoms with Crippen LogP contribution in [0, 0.1) is 0 Å². The first-order valence-corrected chi connectivity index (χ1v) is 12.3. The minimum Gasteiger partial charge on any atom is -0.371 e. The lowest BCUT2D eigenvalue weighted by atomic mass is 10.1. The summed E-state index contributed by atoms with van der Waals surface area (Å²) in [5.41, 5.74) is 7.57. The molecule has 2 aromatic rings. The summed E-state index contributed by atoms with van der Waals surface area (Å²) in [5.74, 6) is 0.480. The Bertz CT molecular complexity index is 1050. The van der Waals surface area contributed by atoms with Crippen LogP contribution in [0.25, 0.3) is 0 Å². The number of benzene rings is 1. The number of aromatic nitrogens is 2. The van der Waals surface area contributed by atoms with Crippen molar-refractivity contribution in [1.29, 1.82) is 0 Å². The molecule has 4 N–H and O–H groups in total. The van der Waals surface area contributed by atoms with E-state index in [1.165, 1.54) is 6.20 Å². The number of rotatable bonds is 8. The molecule has 0 radical (unpaired) electrons. The van der Waals surface area contributed by atoms with Gasteiger partial charge in [0.2, 0.25) is 5.95 Å². The average Bonchev–Trinajstić information content (AvgIpc) is 3.58. The van der Waals surface area contributed by atoms with Gasteiger partial charge in [-0.05, 0) is 49.9 Å². The number of primary amides is 1. The molecular weight excluding hydrogens is 416 g/mol. The third kappa shape index (κ3) is 5.07. The number of anilines is 4. The molecule has 166 valence electrons. The number of nitrogens with two attached hydrogens (primary N) is 1.